The van der Waals surface area contributed by atoms with Gasteiger partial charge in [0.05, 0.1) is 11.5 Å². The van der Waals surface area contributed by atoms with Gasteiger partial charge >= 0.3 is 0 Å². The Morgan fingerprint density at radius 2 is 1.72 bits per heavy atom. The standard InChI is InChI=1S/C16H30N2/c1-16(2,14-17)12-8-9-13-18(3)15-10-6-4-5-7-11-15/h15H,4-13H2,1-3H3. The summed E-state index contributed by atoms with van der Waals surface area (Å²) in [6, 6.07) is 3.20. The van der Waals surface area contributed by atoms with Crippen molar-refractivity contribution in [3.63, 3.8) is 0 Å². The van der Waals surface area contributed by atoms with E-state index in [9.17, 15) is 0 Å². The molecule has 0 atom stereocenters. The summed E-state index contributed by atoms with van der Waals surface area (Å²) in [6.07, 6.45) is 11.9. The second-order valence-corrected chi connectivity index (χ2v) is 6.58. The van der Waals surface area contributed by atoms with E-state index in [-0.39, 0.29) is 5.41 Å². The minimum Gasteiger partial charge on any atom is -0.303 e. The molecule has 0 bridgehead atoms. The SMILES string of the molecule is CN(CCCCC(C)(C)C#N)C1CCCCCC1. The molecule has 0 aromatic carbocycles. The van der Waals surface area contributed by atoms with Gasteiger partial charge in [-0.1, -0.05) is 32.1 Å². The van der Waals surface area contributed by atoms with E-state index < -0.39 is 0 Å². The van der Waals surface area contributed by atoms with Gasteiger partial charge in [0.15, 0.2) is 0 Å². The maximum atomic E-state index is 8.98. The highest BCUT2D eigenvalue weighted by Gasteiger charge is 2.18. The first-order chi connectivity index (χ1) is 8.55. The second kappa shape index (κ2) is 7.79. The van der Waals surface area contributed by atoms with Crippen molar-refractivity contribution in [1.82, 2.24) is 4.90 Å². The molecule has 104 valence electrons. The van der Waals surface area contributed by atoms with Gasteiger partial charge in [-0.25, -0.2) is 0 Å². The summed E-state index contributed by atoms with van der Waals surface area (Å²) >= 11 is 0. The number of nitriles is 1. The molecular weight excluding hydrogens is 220 g/mol. The van der Waals surface area contributed by atoms with Crippen LogP contribution in [0, 0.1) is 16.7 Å². The van der Waals surface area contributed by atoms with Gasteiger partial charge in [0, 0.05) is 6.04 Å². The molecule has 1 aliphatic rings. The van der Waals surface area contributed by atoms with Crippen LogP contribution in [0.2, 0.25) is 0 Å². The zero-order valence-electron chi connectivity index (χ0n) is 12.5. The largest absolute Gasteiger partial charge is 0.303 e. The predicted molar refractivity (Wildman–Crippen MR) is 77.4 cm³/mol. The van der Waals surface area contributed by atoms with E-state index in [0.717, 1.165) is 12.5 Å². The Bertz CT molecular complexity index is 257. The number of hydrogen-bond donors (Lipinski definition) is 0. The molecule has 0 amide bonds. The van der Waals surface area contributed by atoms with Gasteiger partial charge in [0.2, 0.25) is 0 Å². The molecule has 1 aliphatic carbocycles. The molecule has 0 aromatic heterocycles. The molecule has 18 heavy (non-hydrogen) atoms. The maximum Gasteiger partial charge on any atom is 0.0683 e. The van der Waals surface area contributed by atoms with E-state index in [4.69, 9.17) is 5.26 Å². The fourth-order valence-electron chi connectivity index (χ4n) is 2.87. The molecular formula is C16H30N2. The smallest absolute Gasteiger partial charge is 0.0683 e. The van der Waals surface area contributed by atoms with Crippen molar-refractivity contribution in [1.29, 1.82) is 5.26 Å². The molecule has 0 aliphatic heterocycles. The predicted octanol–water partition coefficient (Wildman–Crippen LogP) is 4.36. The lowest BCUT2D eigenvalue weighted by molar-refractivity contribution is 0.214. The topological polar surface area (TPSA) is 27.0 Å². The van der Waals surface area contributed by atoms with Crippen LogP contribution >= 0.6 is 0 Å². The van der Waals surface area contributed by atoms with Crippen LogP contribution in [-0.2, 0) is 0 Å². The Kier molecular flexibility index (Phi) is 6.71. The number of unbranched alkanes of at least 4 members (excludes halogenated alkanes) is 1. The van der Waals surface area contributed by atoms with Gasteiger partial charge in [-0.3, -0.25) is 0 Å². The van der Waals surface area contributed by atoms with Crippen LogP contribution in [0.3, 0.4) is 0 Å². The summed E-state index contributed by atoms with van der Waals surface area (Å²) in [4.78, 5) is 2.56. The first kappa shape index (κ1) is 15.5. The average molecular weight is 250 g/mol. The molecule has 0 N–H and O–H groups in total. The number of hydrogen-bond acceptors (Lipinski definition) is 2. The zero-order chi connectivity index (χ0) is 13.4. The fourth-order valence-corrected chi connectivity index (χ4v) is 2.87. The molecule has 0 spiro atoms. The summed E-state index contributed by atoms with van der Waals surface area (Å²) in [7, 11) is 2.28. The molecule has 0 saturated heterocycles. The number of rotatable bonds is 6. The molecule has 1 rings (SSSR count). The van der Waals surface area contributed by atoms with Crippen LogP contribution in [0.25, 0.3) is 0 Å². The summed E-state index contributed by atoms with van der Waals surface area (Å²) in [6.45, 7) is 5.29. The van der Waals surface area contributed by atoms with E-state index in [1.54, 1.807) is 0 Å². The summed E-state index contributed by atoms with van der Waals surface area (Å²) in [5.74, 6) is 0. The van der Waals surface area contributed by atoms with E-state index >= 15 is 0 Å². The zero-order valence-corrected chi connectivity index (χ0v) is 12.5. The highest BCUT2D eigenvalue weighted by molar-refractivity contribution is 4.91. The van der Waals surface area contributed by atoms with E-state index in [0.29, 0.717) is 0 Å². The van der Waals surface area contributed by atoms with Gasteiger partial charge < -0.3 is 4.90 Å². The van der Waals surface area contributed by atoms with E-state index in [1.807, 2.05) is 13.8 Å². The number of nitrogens with zero attached hydrogens (tertiary/aromatic N) is 2. The Morgan fingerprint density at radius 1 is 1.11 bits per heavy atom. The molecule has 2 nitrogen and oxygen atoms in total. The van der Waals surface area contributed by atoms with Crippen molar-refractivity contribution in [2.24, 2.45) is 5.41 Å². The lowest BCUT2D eigenvalue weighted by Gasteiger charge is -2.27. The van der Waals surface area contributed by atoms with Crippen LogP contribution in [0.15, 0.2) is 0 Å². The van der Waals surface area contributed by atoms with Crippen molar-refractivity contribution in [2.75, 3.05) is 13.6 Å². The quantitative estimate of drug-likeness (QED) is 0.517. The van der Waals surface area contributed by atoms with E-state index in [2.05, 4.69) is 18.0 Å². The molecule has 2 heteroatoms. The van der Waals surface area contributed by atoms with Crippen LogP contribution in [-0.4, -0.2) is 24.5 Å². The highest BCUT2D eigenvalue weighted by atomic mass is 15.1. The van der Waals surface area contributed by atoms with Crippen molar-refractivity contribution in [3.8, 4) is 6.07 Å². The first-order valence-electron chi connectivity index (χ1n) is 7.67. The van der Waals surface area contributed by atoms with E-state index in [1.165, 1.54) is 57.9 Å². The van der Waals surface area contributed by atoms with Crippen molar-refractivity contribution < 1.29 is 0 Å². The Balaban J connectivity index is 2.16. The Hall–Kier alpha value is -0.550. The third-order valence-electron chi connectivity index (χ3n) is 4.31. The first-order valence-corrected chi connectivity index (χ1v) is 7.67. The van der Waals surface area contributed by atoms with Gasteiger partial charge in [-0.05, 0) is 53.1 Å². The molecule has 0 unspecified atom stereocenters. The maximum absolute atomic E-state index is 8.98. The second-order valence-electron chi connectivity index (χ2n) is 6.58. The lowest BCUT2D eigenvalue weighted by Crippen LogP contribution is -2.32. The fraction of sp³-hybridized carbons (Fsp3) is 0.938. The van der Waals surface area contributed by atoms with Gasteiger partial charge in [-0.15, -0.1) is 0 Å². The third kappa shape index (κ3) is 5.87. The molecule has 0 aromatic rings. The summed E-state index contributed by atoms with van der Waals surface area (Å²) < 4.78 is 0. The molecule has 1 saturated carbocycles. The minimum absolute atomic E-state index is 0.138. The van der Waals surface area contributed by atoms with Crippen LogP contribution < -0.4 is 0 Å². The molecule has 1 fully saturated rings. The van der Waals surface area contributed by atoms with Crippen molar-refractivity contribution in [2.45, 2.75) is 77.7 Å². The molecule has 0 heterocycles. The van der Waals surface area contributed by atoms with Gasteiger partial charge in [0.25, 0.3) is 0 Å². The van der Waals surface area contributed by atoms with Gasteiger partial charge in [0.1, 0.15) is 0 Å². The monoisotopic (exact) mass is 250 g/mol. The lowest BCUT2D eigenvalue weighted by atomic mass is 9.89. The minimum atomic E-state index is -0.138. The van der Waals surface area contributed by atoms with Crippen molar-refractivity contribution >= 4 is 0 Å². The average Bonchev–Trinajstić information content (AvgIpc) is 2.63. The third-order valence-corrected chi connectivity index (χ3v) is 4.31. The normalized spacial score (nSPS) is 18.6. The Labute approximate surface area is 113 Å². The summed E-state index contributed by atoms with van der Waals surface area (Å²) in [5.41, 5.74) is -0.138. The van der Waals surface area contributed by atoms with Crippen LogP contribution in [0.1, 0.15) is 71.6 Å². The molecule has 0 radical (unpaired) electrons. The van der Waals surface area contributed by atoms with Crippen molar-refractivity contribution in [3.05, 3.63) is 0 Å². The van der Waals surface area contributed by atoms with Crippen LogP contribution in [0.4, 0.5) is 0 Å². The highest BCUT2D eigenvalue weighted by Crippen LogP contribution is 2.23. The van der Waals surface area contributed by atoms with Crippen LogP contribution in [0.5, 0.6) is 0 Å². The Morgan fingerprint density at radius 3 is 2.28 bits per heavy atom. The van der Waals surface area contributed by atoms with Gasteiger partial charge in [-0.2, -0.15) is 5.26 Å². The summed E-state index contributed by atoms with van der Waals surface area (Å²) in [5, 5.41) is 8.98.